The summed E-state index contributed by atoms with van der Waals surface area (Å²) in [6.07, 6.45) is 0. The Morgan fingerprint density at radius 1 is 0.373 bits per heavy atom. The third-order valence-corrected chi connectivity index (χ3v) is 12.1. The Morgan fingerprint density at radius 2 is 0.983 bits per heavy atom. The van der Waals surface area contributed by atoms with Crippen LogP contribution in [0.25, 0.3) is 110 Å². The molecule has 1 aliphatic heterocycles. The zero-order valence-electron chi connectivity index (χ0n) is 31.7. The Balaban J connectivity index is 1.00. The lowest BCUT2D eigenvalue weighted by atomic mass is 10.00. The van der Waals surface area contributed by atoms with E-state index >= 15 is 0 Å². The summed E-state index contributed by atoms with van der Waals surface area (Å²) >= 11 is 0. The highest BCUT2D eigenvalue weighted by Crippen LogP contribution is 2.46. The Hall–Kier alpha value is -8.02. The fourth-order valence-electron chi connectivity index (χ4n) is 9.35. The quantitative estimate of drug-likeness (QED) is 0.180. The van der Waals surface area contributed by atoms with Crippen LogP contribution in [0.4, 0.5) is 0 Å². The van der Waals surface area contributed by atoms with Crippen LogP contribution in [0.1, 0.15) is 0 Å². The molecule has 0 saturated heterocycles. The third-order valence-electron chi connectivity index (χ3n) is 12.1. The summed E-state index contributed by atoms with van der Waals surface area (Å²) < 4.78 is 11.0. The Labute approximate surface area is 338 Å². The molecule has 3 aromatic heterocycles. The maximum absolute atomic E-state index is 6.33. The van der Waals surface area contributed by atoms with E-state index in [0.29, 0.717) is 5.95 Å². The van der Waals surface area contributed by atoms with E-state index in [1.165, 1.54) is 49.3 Å². The fraction of sp³-hybridized carbons (Fsp3) is 0. The molecule has 5 nitrogen and oxygen atoms in total. The van der Waals surface area contributed by atoms with Crippen LogP contribution in [0, 0.1) is 0 Å². The van der Waals surface area contributed by atoms with Crippen LogP contribution in [-0.2, 0) is 0 Å². The van der Waals surface area contributed by atoms with Gasteiger partial charge in [-0.3, -0.25) is 4.57 Å². The molecule has 0 aliphatic carbocycles. The number of nitrogens with zero attached hydrogens (tertiary/aromatic N) is 4. The van der Waals surface area contributed by atoms with E-state index in [0.717, 1.165) is 66.7 Å². The Bertz CT molecular complexity index is 3690. The van der Waals surface area contributed by atoms with Crippen LogP contribution in [0.5, 0.6) is 11.5 Å². The smallest absolute Gasteiger partial charge is 0.235 e. The molecule has 0 N–H and O–H groups in total. The van der Waals surface area contributed by atoms with Crippen LogP contribution in [0.2, 0.25) is 0 Å². The van der Waals surface area contributed by atoms with Gasteiger partial charge in [0, 0.05) is 32.8 Å². The van der Waals surface area contributed by atoms with Gasteiger partial charge in [0.25, 0.3) is 0 Å². The number of hydrogen-bond donors (Lipinski definition) is 0. The molecular weight excluding hydrogens is 721 g/mol. The van der Waals surface area contributed by atoms with Crippen molar-refractivity contribution in [2.75, 3.05) is 0 Å². The van der Waals surface area contributed by atoms with Crippen molar-refractivity contribution in [2.45, 2.75) is 0 Å². The van der Waals surface area contributed by atoms with Gasteiger partial charge in [-0.2, -0.15) is 0 Å². The predicted molar refractivity (Wildman–Crippen MR) is 242 cm³/mol. The first kappa shape index (κ1) is 32.1. The maximum atomic E-state index is 6.33. The molecule has 13 rings (SSSR count). The van der Waals surface area contributed by atoms with Crippen LogP contribution in [0.3, 0.4) is 0 Å². The van der Waals surface area contributed by atoms with Gasteiger partial charge in [0.05, 0.1) is 38.7 Å². The molecule has 0 amide bonds. The molecule has 12 aromatic rings. The number of rotatable bonds is 4. The highest BCUT2D eigenvalue weighted by Gasteiger charge is 2.25. The van der Waals surface area contributed by atoms with E-state index in [9.17, 15) is 0 Å². The Kier molecular flexibility index (Phi) is 6.66. The van der Waals surface area contributed by atoms with Crippen molar-refractivity contribution in [1.29, 1.82) is 0 Å². The van der Waals surface area contributed by atoms with Crippen LogP contribution >= 0.6 is 0 Å². The molecule has 59 heavy (non-hydrogen) atoms. The van der Waals surface area contributed by atoms with E-state index in [1.807, 2.05) is 30.3 Å². The van der Waals surface area contributed by atoms with E-state index in [2.05, 4.69) is 173 Å². The summed E-state index contributed by atoms with van der Waals surface area (Å²) in [6.45, 7) is 0. The lowest BCUT2D eigenvalue weighted by Crippen LogP contribution is -2.06. The molecule has 9 aromatic carbocycles. The minimum Gasteiger partial charge on any atom is -0.456 e. The molecule has 0 atom stereocenters. The summed E-state index contributed by atoms with van der Waals surface area (Å²) in [7, 11) is 0. The highest BCUT2D eigenvalue weighted by molar-refractivity contribution is 6.15. The molecule has 0 unspecified atom stereocenters. The van der Waals surface area contributed by atoms with Crippen molar-refractivity contribution in [2.24, 2.45) is 0 Å². The van der Waals surface area contributed by atoms with Gasteiger partial charge in [0.2, 0.25) is 5.95 Å². The SMILES string of the molecule is c1ccc(-c2ccc(-n3c4ccccc4c4cc(-c5ccc6c(c5)c5cc7ccccc7cc5n6-c5nc6c7c(cccc7n5)Oc5ccccc5-6)ccc43)cc2)cc1. The predicted octanol–water partition coefficient (Wildman–Crippen LogP) is 14.1. The van der Waals surface area contributed by atoms with Gasteiger partial charge in [-0.1, -0.05) is 115 Å². The number of para-hydroxylation sites is 2. The van der Waals surface area contributed by atoms with Gasteiger partial charge in [0.1, 0.15) is 11.5 Å². The third kappa shape index (κ3) is 4.79. The van der Waals surface area contributed by atoms with Crippen molar-refractivity contribution in [3.05, 3.63) is 194 Å². The van der Waals surface area contributed by atoms with Gasteiger partial charge in [-0.25, -0.2) is 9.97 Å². The van der Waals surface area contributed by atoms with E-state index in [-0.39, 0.29) is 0 Å². The zero-order chi connectivity index (χ0) is 38.6. The van der Waals surface area contributed by atoms with Crippen molar-refractivity contribution in [3.8, 4) is 56.6 Å². The minimum absolute atomic E-state index is 0.635. The van der Waals surface area contributed by atoms with Gasteiger partial charge in [-0.05, 0) is 112 Å². The average molecular weight is 753 g/mol. The number of hydrogen-bond acceptors (Lipinski definition) is 3. The normalized spacial score (nSPS) is 12.2. The fourth-order valence-corrected chi connectivity index (χ4v) is 9.35. The molecule has 5 heteroatoms. The number of benzene rings is 9. The van der Waals surface area contributed by atoms with E-state index in [1.54, 1.807) is 0 Å². The molecule has 0 radical (unpaired) electrons. The number of aromatic nitrogens is 4. The topological polar surface area (TPSA) is 44.9 Å². The van der Waals surface area contributed by atoms with Gasteiger partial charge < -0.3 is 9.30 Å². The molecule has 0 spiro atoms. The lowest BCUT2D eigenvalue weighted by molar-refractivity contribution is 0.486. The van der Waals surface area contributed by atoms with Crippen molar-refractivity contribution in [3.63, 3.8) is 0 Å². The van der Waals surface area contributed by atoms with Crippen LogP contribution < -0.4 is 4.74 Å². The van der Waals surface area contributed by atoms with Crippen molar-refractivity contribution >= 4 is 65.3 Å². The average Bonchev–Trinajstić information content (AvgIpc) is 3.80. The molecule has 0 fully saturated rings. The lowest BCUT2D eigenvalue weighted by Gasteiger charge is -2.21. The van der Waals surface area contributed by atoms with Crippen LogP contribution in [-0.4, -0.2) is 19.1 Å². The maximum Gasteiger partial charge on any atom is 0.235 e. The van der Waals surface area contributed by atoms with E-state index in [4.69, 9.17) is 14.7 Å². The van der Waals surface area contributed by atoms with E-state index < -0.39 is 0 Å². The first-order valence-electron chi connectivity index (χ1n) is 20.0. The summed E-state index contributed by atoms with van der Waals surface area (Å²) in [6, 6.07) is 69.3. The summed E-state index contributed by atoms with van der Waals surface area (Å²) in [5.41, 5.74) is 13.1. The number of ether oxygens (including phenoxy) is 1. The minimum atomic E-state index is 0.635. The Morgan fingerprint density at radius 3 is 1.81 bits per heavy atom. The van der Waals surface area contributed by atoms with Crippen LogP contribution in [0.15, 0.2) is 194 Å². The second kappa shape index (κ2) is 12.2. The molecular formula is C54H32N4O. The molecule has 0 bridgehead atoms. The van der Waals surface area contributed by atoms with Crippen molar-refractivity contribution < 1.29 is 4.74 Å². The number of fused-ring (bicyclic) bond motifs is 9. The second-order valence-corrected chi connectivity index (χ2v) is 15.4. The largest absolute Gasteiger partial charge is 0.456 e. The summed E-state index contributed by atoms with van der Waals surface area (Å²) in [4.78, 5) is 10.6. The summed E-state index contributed by atoms with van der Waals surface area (Å²) in [5, 5.41) is 8.06. The molecule has 274 valence electrons. The first-order chi connectivity index (χ1) is 29.2. The second-order valence-electron chi connectivity index (χ2n) is 15.4. The molecule has 0 saturated carbocycles. The zero-order valence-corrected chi connectivity index (χ0v) is 31.7. The standard InChI is InChI=1S/C54H32N4O/c1-2-11-33(12-3-1)34-21-25-39(26-22-34)57-46-18-8-6-15-40(46)42-30-37(23-27-47(42)57)38-24-28-48-43(31-38)44-29-35-13-4-5-14-36(35)32-49(44)58(48)54-55-45-17-10-20-51-52(45)53(56-54)41-16-7-9-19-50(41)59-51/h1-32H. The van der Waals surface area contributed by atoms with Gasteiger partial charge in [-0.15, -0.1) is 0 Å². The van der Waals surface area contributed by atoms with Gasteiger partial charge >= 0.3 is 0 Å². The summed E-state index contributed by atoms with van der Waals surface area (Å²) in [5.74, 6) is 2.22. The highest BCUT2D eigenvalue weighted by atomic mass is 16.5. The first-order valence-corrected chi connectivity index (χ1v) is 20.0. The monoisotopic (exact) mass is 752 g/mol. The van der Waals surface area contributed by atoms with Crippen molar-refractivity contribution in [1.82, 2.24) is 19.1 Å². The molecule has 1 aliphatic rings. The molecule has 4 heterocycles. The van der Waals surface area contributed by atoms with Gasteiger partial charge in [0.15, 0.2) is 0 Å².